The summed E-state index contributed by atoms with van der Waals surface area (Å²) in [6.07, 6.45) is 2.44. The molecule has 1 heterocycles. The number of ether oxygens (including phenoxy) is 2. The summed E-state index contributed by atoms with van der Waals surface area (Å²) >= 11 is 0. The lowest BCUT2D eigenvalue weighted by atomic mass is 9.57. The van der Waals surface area contributed by atoms with Gasteiger partial charge in [0.1, 0.15) is 5.75 Å². The summed E-state index contributed by atoms with van der Waals surface area (Å²) in [5, 5.41) is 7.01. The molecule has 6 heteroatoms. The molecule has 0 spiro atoms. The minimum Gasteiger partial charge on any atom is -0.494 e. The highest BCUT2D eigenvalue weighted by molar-refractivity contribution is 14.0. The van der Waals surface area contributed by atoms with Gasteiger partial charge >= 0.3 is 0 Å². The molecule has 1 saturated carbocycles. The van der Waals surface area contributed by atoms with Crippen molar-refractivity contribution in [1.29, 1.82) is 0 Å². The van der Waals surface area contributed by atoms with Gasteiger partial charge in [0.2, 0.25) is 0 Å². The van der Waals surface area contributed by atoms with Gasteiger partial charge in [-0.2, -0.15) is 0 Å². The van der Waals surface area contributed by atoms with Crippen molar-refractivity contribution in [3.63, 3.8) is 0 Å². The summed E-state index contributed by atoms with van der Waals surface area (Å²) in [5.41, 5.74) is 0.160. The third-order valence-electron chi connectivity index (χ3n) is 5.32. The summed E-state index contributed by atoms with van der Waals surface area (Å²) in [6.45, 7) is 9.86. The number of para-hydroxylation sites is 1. The maximum atomic E-state index is 5.88. The Hall–Kier alpha value is -1.02. The van der Waals surface area contributed by atoms with E-state index in [-0.39, 0.29) is 29.4 Å². The Kier molecular flexibility index (Phi) is 8.01. The molecule has 146 valence electrons. The predicted octanol–water partition coefficient (Wildman–Crippen LogP) is 3.44. The van der Waals surface area contributed by atoms with Crippen LogP contribution in [-0.4, -0.2) is 44.4 Å². The van der Waals surface area contributed by atoms with Gasteiger partial charge in [-0.05, 0) is 25.5 Å². The molecule has 1 aliphatic carbocycles. The van der Waals surface area contributed by atoms with Crippen molar-refractivity contribution in [2.24, 2.45) is 16.3 Å². The number of rotatable bonds is 7. The van der Waals surface area contributed by atoms with E-state index in [9.17, 15) is 0 Å². The SMILES string of the molecule is CCNC(=NCCCOc1ccccc1)NC1C2CCOC2C1(C)C.I. The van der Waals surface area contributed by atoms with Gasteiger partial charge in [0, 0.05) is 43.5 Å². The highest BCUT2D eigenvalue weighted by Gasteiger charge is 2.59. The molecule has 2 aliphatic rings. The van der Waals surface area contributed by atoms with Crippen molar-refractivity contribution in [3.05, 3.63) is 30.3 Å². The first-order chi connectivity index (χ1) is 12.1. The summed E-state index contributed by atoms with van der Waals surface area (Å²) in [6, 6.07) is 10.4. The molecule has 0 amide bonds. The zero-order chi connectivity index (χ0) is 17.7. The van der Waals surface area contributed by atoms with Crippen LogP contribution in [0.3, 0.4) is 0 Å². The summed E-state index contributed by atoms with van der Waals surface area (Å²) in [5.74, 6) is 2.44. The second-order valence-corrected chi connectivity index (χ2v) is 7.46. The van der Waals surface area contributed by atoms with Gasteiger partial charge in [-0.15, -0.1) is 24.0 Å². The standard InChI is InChI=1S/C20H31N3O2.HI/c1-4-21-19(22-12-8-13-24-15-9-6-5-7-10-15)23-17-16-11-14-25-18(16)20(17,2)3;/h5-7,9-10,16-18H,4,8,11-14H2,1-3H3,(H2,21,22,23);1H. The quantitative estimate of drug-likeness (QED) is 0.276. The normalized spacial score (nSPS) is 26.3. The minimum atomic E-state index is 0. The Labute approximate surface area is 174 Å². The number of guanidine groups is 1. The van der Waals surface area contributed by atoms with Crippen LogP contribution in [0.4, 0.5) is 0 Å². The molecule has 0 bridgehead atoms. The molecule has 2 N–H and O–H groups in total. The van der Waals surface area contributed by atoms with Gasteiger partial charge in [-0.25, -0.2) is 0 Å². The Balaban J connectivity index is 0.00000243. The molecular formula is C20H32IN3O2. The van der Waals surface area contributed by atoms with Crippen molar-refractivity contribution in [3.8, 4) is 5.75 Å². The number of hydrogen-bond donors (Lipinski definition) is 2. The molecule has 26 heavy (non-hydrogen) atoms. The van der Waals surface area contributed by atoms with Crippen LogP contribution in [0.1, 0.15) is 33.6 Å². The van der Waals surface area contributed by atoms with Crippen LogP contribution in [0.5, 0.6) is 5.75 Å². The van der Waals surface area contributed by atoms with Crippen LogP contribution < -0.4 is 15.4 Å². The van der Waals surface area contributed by atoms with Gasteiger partial charge in [-0.1, -0.05) is 32.0 Å². The Morgan fingerprint density at radius 3 is 2.81 bits per heavy atom. The lowest BCUT2D eigenvalue weighted by Crippen LogP contribution is -2.67. The monoisotopic (exact) mass is 473 g/mol. The van der Waals surface area contributed by atoms with Crippen LogP contribution in [0, 0.1) is 11.3 Å². The zero-order valence-electron chi connectivity index (χ0n) is 16.0. The fourth-order valence-electron chi connectivity index (χ4n) is 4.05. The van der Waals surface area contributed by atoms with E-state index >= 15 is 0 Å². The van der Waals surface area contributed by atoms with Gasteiger partial charge in [0.25, 0.3) is 0 Å². The molecule has 5 nitrogen and oxygen atoms in total. The van der Waals surface area contributed by atoms with Gasteiger partial charge in [-0.3, -0.25) is 4.99 Å². The summed E-state index contributed by atoms with van der Waals surface area (Å²) < 4.78 is 11.6. The Bertz CT molecular complexity index is 580. The van der Waals surface area contributed by atoms with Gasteiger partial charge < -0.3 is 20.1 Å². The average molecular weight is 473 g/mol. The molecule has 3 atom stereocenters. The number of benzene rings is 1. The van der Waals surface area contributed by atoms with Crippen molar-refractivity contribution < 1.29 is 9.47 Å². The van der Waals surface area contributed by atoms with Crippen LogP contribution in [0.25, 0.3) is 0 Å². The number of aliphatic imine (C=N–C) groups is 1. The highest BCUT2D eigenvalue weighted by atomic mass is 127. The van der Waals surface area contributed by atoms with Crippen molar-refractivity contribution in [2.75, 3.05) is 26.3 Å². The van der Waals surface area contributed by atoms with E-state index in [1.54, 1.807) is 0 Å². The first-order valence-electron chi connectivity index (χ1n) is 9.47. The first-order valence-corrected chi connectivity index (χ1v) is 9.47. The largest absolute Gasteiger partial charge is 0.494 e. The zero-order valence-corrected chi connectivity index (χ0v) is 18.4. The molecule has 0 radical (unpaired) electrons. The van der Waals surface area contributed by atoms with Crippen LogP contribution in [-0.2, 0) is 4.74 Å². The number of hydrogen-bond acceptors (Lipinski definition) is 3. The van der Waals surface area contributed by atoms with Crippen molar-refractivity contribution >= 4 is 29.9 Å². The lowest BCUT2D eigenvalue weighted by molar-refractivity contribution is -0.106. The smallest absolute Gasteiger partial charge is 0.191 e. The summed E-state index contributed by atoms with van der Waals surface area (Å²) in [7, 11) is 0. The van der Waals surface area contributed by atoms with Gasteiger partial charge in [0.05, 0.1) is 12.7 Å². The van der Waals surface area contributed by atoms with Crippen molar-refractivity contribution in [1.82, 2.24) is 10.6 Å². The Morgan fingerprint density at radius 1 is 1.31 bits per heavy atom. The predicted molar refractivity (Wildman–Crippen MR) is 116 cm³/mol. The van der Waals surface area contributed by atoms with E-state index in [0.717, 1.165) is 44.2 Å². The number of fused-ring (bicyclic) bond motifs is 1. The third kappa shape index (κ3) is 4.82. The Morgan fingerprint density at radius 2 is 2.08 bits per heavy atom. The van der Waals surface area contributed by atoms with Gasteiger partial charge in [0.15, 0.2) is 5.96 Å². The second kappa shape index (κ2) is 9.78. The van der Waals surface area contributed by atoms with Crippen LogP contribution >= 0.6 is 24.0 Å². The first kappa shape index (κ1) is 21.3. The molecule has 1 aliphatic heterocycles. The van der Waals surface area contributed by atoms with E-state index in [1.165, 1.54) is 0 Å². The maximum absolute atomic E-state index is 5.88. The number of halogens is 1. The van der Waals surface area contributed by atoms with E-state index < -0.39 is 0 Å². The number of nitrogens with one attached hydrogen (secondary N) is 2. The van der Waals surface area contributed by atoms with Crippen molar-refractivity contribution in [2.45, 2.75) is 45.8 Å². The molecule has 0 aromatic heterocycles. The molecular weight excluding hydrogens is 441 g/mol. The molecule has 2 fully saturated rings. The second-order valence-electron chi connectivity index (χ2n) is 7.46. The topological polar surface area (TPSA) is 54.9 Å². The molecule has 1 saturated heterocycles. The molecule has 1 aromatic rings. The van der Waals surface area contributed by atoms with E-state index in [2.05, 4.69) is 31.4 Å². The van der Waals surface area contributed by atoms with Crippen LogP contribution in [0.2, 0.25) is 0 Å². The highest BCUT2D eigenvalue weighted by Crippen LogP contribution is 2.52. The average Bonchev–Trinajstić information content (AvgIpc) is 3.07. The lowest BCUT2D eigenvalue weighted by Gasteiger charge is -2.54. The fourth-order valence-corrected chi connectivity index (χ4v) is 4.05. The van der Waals surface area contributed by atoms with E-state index in [1.807, 2.05) is 30.3 Å². The van der Waals surface area contributed by atoms with E-state index in [4.69, 9.17) is 14.5 Å². The van der Waals surface area contributed by atoms with Crippen LogP contribution in [0.15, 0.2) is 35.3 Å². The minimum absolute atomic E-state index is 0. The molecule has 3 rings (SSSR count). The molecule has 1 aromatic carbocycles. The fraction of sp³-hybridized carbons (Fsp3) is 0.650. The maximum Gasteiger partial charge on any atom is 0.191 e. The molecule has 3 unspecified atom stereocenters. The summed E-state index contributed by atoms with van der Waals surface area (Å²) in [4.78, 5) is 4.72. The third-order valence-corrected chi connectivity index (χ3v) is 5.32. The van der Waals surface area contributed by atoms with E-state index in [0.29, 0.717) is 24.7 Å². The number of nitrogens with zero attached hydrogens (tertiary/aromatic N) is 1.